The molecular formula is C22H21FN2O4. The highest BCUT2D eigenvalue weighted by molar-refractivity contribution is 6.46. The van der Waals surface area contributed by atoms with E-state index in [9.17, 15) is 19.1 Å². The maximum Gasteiger partial charge on any atom is 0.295 e. The Morgan fingerprint density at radius 1 is 1.28 bits per heavy atom. The molecule has 6 nitrogen and oxygen atoms in total. The molecule has 2 aromatic rings. The van der Waals surface area contributed by atoms with E-state index in [2.05, 4.69) is 4.98 Å². The van der Waals surface area contributed by atoms with Crippen LogP contribution in [0.3, 0.4) is 0 Å². The van der Waals surface area contributed by atoms with Crippen LogP contribution in [0.1, 0.15) is 35.6 Å². The Morgan fingerprint density at radius 2 is 2.03 bits per heavy atom. The molecular weight excluding hydrogens is 375 g/mol. The molecule has 2 atom stereocenters. The van der Waals surface area contributed by atoms with Gasteiger partial charge >= 0.3 is 0 Å². The first-order chi connectivity index (χ1) is 14.0. The number of benzene rings is 1. The number of nitrogens with zero attached hydrogens (tertiary/aromatic N) is 2. The first-order valence-electron chi connectivity index (χ1n) is 9.54. The van der Waals surface area contributed by atoms with Crippen molar-refractivity contribution in [3.8, 4) is 0 Å². The number of halogens is 1. The van der Waals surface area contributed by atoms with Gasteiger partial charge in [0.25, 0.3) is 11.7 Å². The fraction of sp³-hybridized carbons (Fsp3) is 0.318. The van der Waals surface area contributed by atoms with E-state index in [0.717, 1.165) is 12.8 Å². The summed E-state index contributed by atoms with van der Waals surface area (Å²) in [5, 5.41) is 10.9. The van der Waals surface area contributed by atoms with Crippen molar-refractivity contribution in [3.05, 3.63) is 70.8 Å². The maximum absolute atomic E-state index is 13.7. The second kappa shape index (κ2) is 7.75. The van der Waals surface area contributed by atoms with Gasteiger partial charge in [-0.15, -0.1) is 0 Å². The maximum atomic E-state index is 13.7. The number of amides is 1. The third-order valence-electron chi connectivity index (χ3n) is 5.42. The van der Waals surface area contributed by atoms with Crippen molar-refractivity contribution in [1.29, 1.82) is 0 Å². The van der Waals surface area contributed by atoms with Gasteiger partial charge in [-0.1, -0.05) is 0 Å². The van der Waals surface area contributed by atoms with Gasteiger partial charge in [-0.05, 0) is 61.2 Å². The third kappa shape index (κ3) is 3.53. The third-order valence-corrected chi connectivity index (χ3v) is 5.42. The van der Waals surface area contributed by atoms with E-state index in [1.54, 1.807) is 31.5 Å². The van der Waals surface area contributed by atoms with Crippen LogP contribution in [0.25, 0.3) is 5.76 Å². The Kier molecular flexibility index (Phi) is 5.15. The van der Waals surface area contributed by atoms with Crippen LogP contribution in [0, 0.1) is 12.7 Å². The Hall–Kier alpha value is -3.06. The Labute approximate surface area is 167 Å². The summed E-state index contributed by atoms with van der Waals surface area (Å²) in [5.41, 5.74) is 1.28. The van der Waals surface area contributed by atoms with Gasteiger partial charge < -0.3 is 14.7 Å². The van der Waals surface area contributed by atoms with Crippen molar-refractivity contribution in [2.75, 3.05) is 13.2 Å². The second-order valence-corrected chi connectivity index (χ2v) is 7.33. The SMILES string of the molecule is Cc1cc(/C(O)=C2/C(=O)C(=O)N(CC3CCCO3)C2c2ccncc2)ccc1F. The van der Waals surface area contributed by atoms with Crippen LogP contribution < -0.4 is 0 Å². The number of carbonyl (C=O) groups excluding carboxylic acids is 2. The molecule has 1 amide bonds. The average molecular weight is 396 g/mol. The molecule has 1 N–H and O–H groups in total. The molecule has 0 spiro atoms. The van der Waals surface area contributed by atoms with Crippen molar-refractivity contribution in [1.82, 2.24) is 9.88 Å². The molecule has 2 fully saturated rings. The summed E-state index contributed by atoms with van der Waals surface area (Å²) in [5.74, 6) is -2.17. The normalized spacial score (nSPS) is 23.7. The van der Waals surface area contributed by atoms with Crippen molar-refractivity contribution in [2.45, 2.75) is 31.9 Å². The molecule has 0 aliphatic carbocycles. The molecule has 7 heteroatoms. The largest absolute Gasteiger partial charge is 0.507 e. The average Bonchev–Trinajstić information content (AvgIpc) is 3.32. The van der Waals surface area contributed by atoms with Crippen LogP contribution in [0.2, 0.25) is 0 Å². The summed E-state index contributed by atoms with van der Waals surface area (Å²) in [6, 6.07) is 6.75. The number of aromatic nitrogens is 1. The number of rotatable bonds is 4. The highest BCUT2D eigenvalue weighted by atomic mass is 19.1. The highest BCUT2D eigenvalue weighted by Crippen LogP contribution is 2.40. The Balaban J connectivity index is 1.82. The molecule has 0 saturated carbocycles. The summed E-state index contributed by atoms with van der Waals surface area (Å²) in [4.78, 5) is 31.2. The second-order valence-electron chi connectivity index (χ2n) is 7.33. The van der Waals surface area contributed by atoms with Crippen molar-refractivity contribution < 1.29 is 23.8 Å². The van der Waals surface area contributed by atoms with Gasteiger partial charge in [0.2, 0.25) is 0 Å². The van der Waals surface area contributed by atoms with Crippen LogP contribution in [0.5, 0.6) is 0 Å². The fourth-order valence-electron chi connectivity index (χ4n) is 3.92. The summed E-state index contributed by atoms with van der Waals surface area (Å²) >= 11 is 0. The monoisotopic (exact) mass is 396 g/mol. The van der Waals surface area contributed by atoms with Gasteiger partial charge in [-0.3, -0.25) is 14.6 Å². The molecule has 0 bridgehead atoms. The van der Waals surface area contributed by atoms with Gasteiger partial charge in [0.1, 0.15) is 11.6 Å². The molecule has 0 radical (unpaired) electrons. The zero-order chi connectivity index (χ0) is 20.5. The zero-order valence-corrected chi connectivity index (χ0v) is 16.0. The minimum Gasteiger partial charge on any atom is -0.507 e. The van der Waals surface area contributed by atoms with E-state index in [1.807, 2.05) is 0 Å². The van der Waals surface area contributed by atoms with Crippen molar-refractivity contribution in [3.63, 3.8) is 0 Å². The lowest BCUT2D eigenvalue weighted by atomic mass is 9.95. The first-order valence-corrected chi connectivity index (χ1v) is 9.54. The quantitative estimate of drug-likeness (QED) is 0.488. The summed E-state index contributed by atoms with van der Waals surface area (Å²) in [6.07, 6.45) is 4.71. The van der Waals surface area contributed by atoms with Crippen LogP contribution in [0.4, 0.5) is 4.39 Å². The summed E-state index contributed by atoms with van der Waals surface area (Å²) in [7, 11) is 0. The molecule has 2 aliphatic rings. The minimum absolute atomic E-state index is 0.00907. The van der Waals surface area contributed by atoms with Crippen LogP contribution in [-0.2, 0) is 14.3 Å². The van der Waals surface area contributed by atoms with Crippen LogP contribution in [0.15, 0.2) is 48.3 Å². The lowest BCUT2D eigenvalue weighted by Gasteiger charge is -2.27. The van der Waals surface area contributed by atoms with Gasteiger partial charge in [0.05, 0.1) is 17.7 Å². The zero-order valence-electron chi connectivity index (χ0n) is 16.0. The Bertz CT molecular complexity index is 984. The van der Waals surface area contributed by atoms with Crippen molar-refractivity contribution in [2.24, 2.45) is 0 Å². The number of carbonyl (C=O) groups is 2. The van der Waals surface area contributed by atoms with Gasteiger partial charge in [-0.2, -0.15) is 0 Å². The topological polar surface area (TPSA) is 79.7 Å². The van der Waals surface area contributed by atoms with E-state index in [1.165, 1.54) is 23.1 Å². The van der Waals surface area contributed by atoms with Gasteiger partial charge in [0, 0.05) is 31.1 Å². The fourth-order valence-corrected chi connectivity index (χ4v) is 3.92. The summed E-state index contributed by atoms with van der Waals surface area (Å²) in [6.45, 7) is 2.46. The van der Waals surface area contributed by atoms with E-state index >= 15 is 0 Å². The lowest BCUT2D eigenvalue weighted by molar-refractivity contribution is -0.140. The molecule has 3 heterocycles. The number of pyridine rings is 1. The standard InChI is InChI=1S/C22H21FN2O4/c1-13-11-15(4-5-17(13)23)20(26)18-19(14-6-8-24-9-7-14)25(22(28)21(18)27)12-16-3-2-10-29-16/h4-9,11,16,19,26H,2-3,10,12H2,1H3/b20-18-. The van der Waals surface area contributed by atoms with Crippen LogP contribution >= 0.6 is 0 Å². The number of hydrogen-bond donors (Lipinski definition) is 1. The number of ketones is 1. The number of ether oxygens (including phenoxy) is 1. The number of Topliss-reactive ketones (excluding diaryl/α,β-unsaturated/α-hetero) is 1. The molecule has 29 heavy (non-hydrogen) atoms. The minimum atomic E-state index is -0.760. The molecule has 1 aromatic carbocycles. The van der Waals surface area contributed by atoms with Crippen molar-refractivity contribution >= 4 is 17.4 Å². The highest BCUT2D eigenvalue weighted by Gasteiger charge is 2.47. The predicted molar refractivity (Wildman–Crippen MR) is 103 cm³/mol. The smallest absolute Gasteiger partial charge is 0.295 e. The molecule has 2 saturated heterocycles. The molecule has 150 valence electrons. The first kappa shape index (κ1) is 19.3. The summed E-state index contributed by atoms with van der Waals surface area (Å²) < 4.78 is 19.3. The molecule has 4 rings (SSSR count). The van der Waals surface area contributed by atoms with E-state index in [4.69, 9.17) is 4.74 Å². The lowest BCUT2D eigenvalue weighted by Crippen LogP contribution is -2.36. The number of hydrogen-bond acceptors (Lipinski definition) is 5. The predicted octanol–water partition coefficient (Wildman–Crippen LogP) is 3.13. The number of likely N-dealkylation sites (tertiary alicyclic amines) is 1. The Morgan fingerprint density at radius 3 is 2.69 bits per heavy atom. The number of aliphatic hydroxyl groups excluding tert-OH is 1. The van der Waals surface area contributed by atoms with Gasteiger partial charge in [-0.25, -0.2) is 4.39 Å². The van der Waals surface area contributed by atoms with E-state index < -0.39 is 23.5 Å². The number of aryl methyl sites for hydroxylation is 1. The van der Waals surface area contributed by atoms with Crippen LogP contribution in [-0.4, -0.2) is 45.9 Å². The van der Waals surface area contributed by atoms with E-state index in [0.29, 0.717) is 17.7 Å². The molecule has 2 aliphatic heterocycles. The van der Waals surface area contributed by atoms with E-state index in [-0.39, 0.29) is 29.5 Å². The van der Waals surface area contributed by atoms with Gasteiger partial charge in [0.15, 0.2) is 0 Å². The molecule has 2 unspecified atom stereocenters. The number of aliphatic hydroxyl groups is 1. The molecule has 1 aromatic heterocycles.